The number of aliphatic hydroxyl groups is 1. The minimum absolute atomic E-state index is 0.236. The standard InChI is InChI=1S/C26H34FN3O3/c1-5-19(3)29(16-23(31)18-32-6-2)17-25-20(4)28-30(22-10-8-7-9-11-22)26(25)33-24-14-12-21(27)13-15-24/h7-15,19,23,31H,5-6,16-18H2,1-4H3/t19-,23+/m1/s1. The molecule has 1 N–H and O–H groups in total. The average molecular weight is 456 g/mol. The smallest absolute Gasteiger partial charge is 0.227 e. The minimum atomic E-state index is -0.593. The van der Waals surface area contributed by atoms with Crippen LogP contribution in [0.15, 0.2) is 54.6 Å². The predicted octanol–water partition coefficient (Wildman–Crippen LogP) is 5.11. The molecular weight excluding hydrogens is 421 g/mol. The highest BCUT2D eigenvalue weighted by Gasteiger charge is 2.24. The van der Waals surface area contributed by atoms with Crippen molar-refractivity contribution in [3.8, 4) is 17.3 Å². The number of rotatable bonds is 12. The van der Waals surface area contributed by atoms with Crippen LogP contribution in [0.2, 0.25) is 0 Å². The SMILES string of the molecule is CCOC[C@@H](O)CN(Cc1c(C)nn(-c2ccccc2)c1Oc1ccc(F)cc1)[C@H](C)CC. The molecule has 0 bridgehead atoms. The lowest BCUT2D eigenvalue weighted by molar-refractivity contribution is 0.0111. The molecule has 0 aliphatic carbocycles. The van der Waals surface area contributed by atoms with Crippen molar-refractivity contribution in [2.24, 2.45) is 0 Å². The van der Waals surface area contributed by atoms with E-state index in [0.717, 1.165) is 23.4 Å². The van der Waals surface area contributed by atoms with Crippen LogP contribution in [0.25, 0.3) is 5.69 Å². The fourth-order valence-corrected chi connectivity index (χ4v) is 3.62. The van der Waals surface area contributed by atoms with Gasteiger partial charge in [-0.25, -0.2) is 9.07 Å². The van der Waals surface area contributed by atoms with Crippen molar-refractivity contribution < 1.29 is 19.0 Å². The lowest BCUT2D eigenvalue weighted by Crippen LogP contribution is -2.40. The Kier molecular flexibility index (Phi) is 9.00. The van der Waals surface area contributed by atoms with Crippen LogP contribution in [0.5, 0.6) is 11.6 Å². The second-order valence-electron chi connectivity index (χ2n) is 8.17. The lowest BCUT2D eigenvalue weighted by Gasteiger charge is -2.30. The summed E-state index contributed by atoms with van der Waals surface area (Å²) in [7, 11) is 0. The van der Waals surface area contributed by atoms with Gasteiger partial charge in [0.05, 0.1) is 29.7 Å². The van der Waals surface area contributed by atoms with Gasteiger partial charge < -0.3 is 14.6 Å². The molecule has 0 amide bonds. The van der Waals surface area contributed by atoms with Crippen molar-refractivity contribution in [1.29, 1.82) is 0 Å². The number of nitrogens with zero attached hydrogens (tertiary/aromatic N) is 3. The molecule has 0 spiro atoms. The van der Waals surface area contributed by atoms with Crippen LogP contribution in [-0.4, -0.2) is 51.7 Å². The number of para-hydroxylation sites is 1. The maximum atomic E-state index is 13.4. The van der Waals surface area contributed by atoms with Crippen LogP contribution < -0.4 is 4.74 Å². The summed E-state index contributed by atoms with van der Waals surface area (Å²) in [6.07, 6.45) is 0.339. The van der Waals surface area contributed by atoms with E-state index in [1.165, 1.54) is 12.1 Å². The Bertz CT molecular complexity index is 992. The molecule has 0 saturated heterocycles. The van der Waals surface area contributed by atoms with Crippen molar-refractivity contribution in [2.75, 3.05) is 19.8 Å². The first kappa shape index (κ1) is 24.9. The molecule has 7 heteroatoms. The van der Waals surface area contributed by atoms with Gasteiger partial charge in [-0.05, 0) is 63.6 Å². The number of aliphatic hydroxyl groups excluding tert-OH is 1. The zero-order valence-electron chi connectivity index (χ0n) is 19.9. The molecule has 2 aromatic carbocycles. The van der Waals surface area contributed by atoms with Crippen molar-refractivity contribution in [1.82, 2.24) is 14.7 Å². The van der Waals surface area contributed by atoms with Gasteiger partial charge in [0.1, 0.15) is 11.6 Å². The van der Waals surface area contributed by atoms with Crippen molar-refractivity contribution in [3.63, 3.8) is 0 Å². The zero-order valence-corrected chi connectivity index (χ0v) is 19.9. The number of ether oxygens (including phenoxy) is 2. The monoisotopic (exact) mass is 455 g/mol. The van der Waals surface area contributed by atoms with E-state index in [0.29, 0.717) is 37.9 Å². The second-order valence-corrected chi connectivity index (χ2v) is 8.17. The largest absolute Gasteiger partial charge is 0.439 e. The van der Waals surface area contributed by atoms with Gasteiger partial charge in [-0.2, -0.15) is 5.10 Å². The molecule has 0 saturated carbocycles. The third-order valence-electron chi connectivity index (χ3n) is 5.70. The fraction of sp³-hybridized carbons (Fsp3) is 0.423. The van der Waals surface area contributed by atoms with E-state index in [-0.39, 0.29) is 11.9 Å². The van der Waals surface area contributed by atoms with Gasteiger partial charge >= 0.3 is 0 Å². The summed E-state index contributed by atoms with van der Waals surface area (Å²) in [5, 5.41) is 15.3. The van der Waals surface area contributed by atoms with E-state index in [1.807, 2.05) is 44.2 Å². The molecule has 33 heavy (non-hydrogen) atoms. The van der Waals surface area contributed by atoms with Gasteiger partial charge in [-0.1, -0.05) is 25.1 Å². The Morgan fingerprint density at radius 3 is 2.42 bits per heavy atom. The molecule has 2 atom stereocenters. The van der Waals surface area contributed by atoms with Crippen molar-refractivity contribution >= 4 is 0 Å². The summed E-state index contributed by atoms with van der Waals surface area (Å²) < 4.78 is 26.9. The number of hydrogen-bond acceptors (Lipinski definition) is 5. The maximum absolute atomic E-state index is 13.4. The van der Waals surface area contributed by atoms with Crippen LogP contribution in [0.1, 0.15) is 38.4 Å². The fourth-order valence-electron chi connectivity index (χ4n) is 3.62. The molecule has 178 valence electrons. The number of aryl methyl sites for hydroxylation is 1. The lowest BCUT2D eigenvalue weighted by atomic mass is 10.1. The van der Waals surface area contributed by atoms with Gasteiger partial charge in [-0.3, -0.25) is 4.90 Å². The quantitative estimate of drug-likeness (QED) is 0.411. The average Bonchev–Trinajstić information content (AvgIpc) is 3.13. The first-order valence-corrected chi connectivity index (χ1v) is 11.5. The Balaban J connectivity index is 1.97. The molecule has 0 unspecified atom stereocenters. The highest BCUT2D eigenvalue weighted by Crippen LogP contribution is 2.32. The third kappa shape index (κ3) is 6.63. The Morgan fingerprint density at radius 1 is 1.09 bits per heavy atom. The summed E-state index contributed by atoms with van der Waals surface area (Å²) in [4.78, 5) is 2.22. The van der Waals surface area contributed by atoms with Crippen LogP contribution in [0.4, 0.5) is 4.39 Å². The van der Waals surface area contributed by atoms with E-state index in [9.17, 15) is 9.50 Å². The van der Waals surface area contributed by atoms with E-state index >= 15 is 0 Å². The van der Waals surface area contributed by atoms with Crippen molar-refractivity contribution in [3.05, 3.63) is 71.7 Å². The van der Waals surface area contributed by atoms with E-state index in [4.69, 9.17) is 14.6 Å². The topological polar surface area (TPSA) is 59.8 Å². The Hall–Kier alpha value is -2.74. The van der Waals surface area contributed by atoms with Crippen molar-refractivity contribution in [2.45, 2.75) is 52.8 Å². The van der Waals surface area contributed by atoms with E-state index in [1.54, 1.807) is 16.8 Å². The van der Waals surface area contributed by atoms with Gasteiger partial charge in [-0.15, -0.1) is 0 Å². The summed E-state index contributed by atoms with van der Waals surface area (Å²) in [5.74, 6) is 0.792. The van der Waals surface area contributed by atoms with Crippen LogP contribution in [0.3, 0.4) is 0 Å². The molecule has 0 radical (unpaired) electrons. The molecule has 0 aliphatic rings. The van der Waals surface area contributed by atoms with Gasteiger partial charge in [0, 0.05) is 25.7 Å². The summed E-state index contributed by atoms with van der Waals surface area (Å²) in [5.41, 5.74) is 2.63. The molecule has 0 fully saturated rings. The first-order valence-electron chi connectivity index (χ1n) is 11.5. The summed E-state index contributed by atoms with van der Waals surface area (Å²) in [6.45, 7) is 10.0. The zero-order chi connectivity index (χ0) is 23.8. The highest BCUT2D eigenvalue weighted by molar-refractivity contribution is 5.43. The number of aromatic nitrogens is 2. The number of halogens is 1. The maximum Gasteiger partial charge on any atom is 0.227 e. The summed E-state index contributed by atoms with van der Waals surface area (Å²) >= 11 is 0. The molecule has 3 aromatic rings. The first-order chi connectivity index (χ1) is 15.9. The molecule has 0 aliphatic heterocycles. The van der Waals surface area contributed by atoms with Crippen LogP contribution in [-0.2, 0) is 11.3 Å². The number of hydrogen-bond donors (Lipinski definition) is 1. The summed E-state index contributed by atoms with van der Waals surface area (Å²) in [6, 6.07) is 16.0. The second kappa shape index (κ2) is 11.9. The molecule has 6 nitrogen and oxygen atoms in total. The van der Waals surface area contributed by atoms with Crippen LogP contribution in [0, 0.1) is 12.7 Å². The minimum Gasteiger partial charge on any atom is -0.439 e. The Labute approximate surface area is 195 Å². The van der Waals surface area contributed by atoms with E-state index in [2.05, 4.69) is 18.7 Å². The third-order valence-corrected chi connectivity index (χ3v) is 5.70. The normalized spacial score (nSPS) is 13.3. The molecule has 1 heterocycles. The Morgan fingerprint density at radius 2 is 1.79 bits per heavy atom. The highest BCUT2D eigenvalue weighted by atomic mass is 19.1. The predicted molar refractivity (Wildman–Crippen MR) is 127 cm³/mol. The molecule has 1 aromatic heterocycles. The van der Waals surface area contributed by atoms with E-state index < -0.39 is 6.10 Å². The molecule has 3 rings (SSSR count). The van der Waals surface area contributed by atoms with Gasteiger partial charge in [0.2, 0.25) is 5.88 Å². The van der Waals surface area contributed by atoms with Crippen LogP contribution >= 0.6 is 0 Å². The number of benzene rings is 2. The van der Waals surface area contributed by atoms with Gasteiger partial charge in [0.15, 0.2) is 0 Å². The van der Waals surface area contributed by atoms with Gasteiger partial charge in [0.25, 0.3) is 0 Å². The molecular formula is C26H34FN3O3.